The molecule has 1 aliphatic rings. The maximum Gasteiger partial charge on any atom is 0.239 e. The van der Waals surface area contributed by atoms with Gasteiger partial charge in [0.2, 0.25) is 5.89 Å². The van der Waals surface area contributed by atoms with Crippen LogP contribution in [0.25, 0.3) is 0 Å². The summed E-state index contributed by atoms with van der Waals surface area (Å²) in [4.78, 5) is 4.46. The van der Waals surface area contributed by atoms with Crippen LogP contribution >= 0.6 is 11.8 Å². The molecule has 2 unspecified atom stereocenters. The molecule has 1 fully saturated rings. The number of nitrogens with zero attached hydrogens (tertiary/aromatic N) is 2. The number of hydrogen-bond acceptors (Lipinski definition) is 5. The largest absolute Gasteiger partial charge is 0.381 e. The first-order valence-electron chi connectivity index (χ1n) is 5.29. The van der Waals surface area contributed by atoms with E-state index < -0.39 is 0 Å². The Morgan fingerprint density at radius 3 is 3.07 bits per heavy atom. The molecule has 0 bridgehead atoms. The first kappa shape index (κ1) is 11.0. The third kappa shape index (κ3) is 2.34. The number of thioether (sulfide) groups is 1. The molecule has 0 radical (unpaired) electrons. The second-order valence-corrected chi connectivity index (χ2v) is 4.72. The summed E-state index contributed by atoms with van der Waals surface area (Å²) < 4.78 is 10.6. The summed E-state index contributed by atoms with van der Waals surface area (Å²) >= 11 is 1.75. The second-order valence-electron chi connectivity index (χ2n) is 3.68. The van der Waals surface area contributed by atoms with E-state index in [-0.39, 0.29) is 0 Å². The number of hydrogen-bond donors (Lipinski definition) is 0. The van der Waals surface area contributed by atoms with Crippen molar-refractivity contribution < 1.29 is 9.26 Å². The lowest BCUT2D eigenvalue weighted by molar-refractivity contribution is 0.192. The molecule has 0 saturated carbocycles. The van der Waals surface area contributed by atoms with E-state index in [0.717, 1.165) is 37.8 Å². The molecule has 15 heavy (non-hydrogen) atoms. The number of aromatic nitrogens is 2. The van der Waals surface area contributed by atoms with Crippen LogP contribution in [0.4, 0.5) is 0 Å². The molecule has 84 valence electrons. The van der Waals surface area contributed by atoms with Crippen molar-refractivity contribution in [2.45, 2.75) is 30.9 Å². The highest BCUT2D eigenvalue weighted by molar-refractivity contribution is 7.98. The molecule has 4 nitrogen and oxygen atoms in total. The van der Waals surface area contributed by atoms with E-state index in [1.54, 1.807) is 11.8 Å². The second kappa shape index (κ2) is 4.99. The fraction of sp³-hybridized carbons (Fsp3) is 0.800. The monoisotopic (exact) mass is 228 g/mol. The van der Waals surface area contributed by atoms with E-state index in [2.05, 4.69) is 23.3 Å². The van der Waals surface area contributed by atoms with Crippen molar-refractivity contribution in [1.29, 1.82) is 0 Å². The highest BCUT2D eigenvalue weighted by Gasteiger charge is 2.24. The molecule has 2 heterocycles. The summed E-state index contributed by atoms with van der Waals surface area (Å²) in [6.07, 6.45) is 4.09. The molecule has 1 aromatic rings. The van der Waals surface area contributed by atoms with Gasteiger partial charge >= 0.3 is 0 Å². The Balaban J connectivity index is 2.08. The van der Waals surface area contributed by atoms with Gasteiger partial charge in [-0.2, -0.15) is 16.7 Å². The van der Waals surface area contributed by atoms with Crippen LogP contribution in [0.2, 0.25) is 0 Å². The molecule has 1 aromatic heterocycles. The molecular formula is C10H16N2O2S. The topological polar surface area (TPSA) is 48.2 Å². The standard InChI is InChI=1S/C10H16N2O2S/c1-3-8(15-2)10-11-9(12-14-10)7-4-5-13-6-7/h7-8H,3-6H2,1-2H3. The fourth-order valence-corrected chi connectivity index (χ4v) is 2.35. The minimum Gasteiger partial charge on any atom is -0.381 e. The third-order valence-electron chi connectivity index (χ3n) is 2.68. The van der Waals surface area contributed by atoms with E-state index in [0.29, 0.717) is 11.2 Å². The maximum atomic E-state index is 5.31. The van der Waals surface area contributed by atoms with Crippen LogP contribution in [-0.2, 0) is 4.74 Å². The van der Waals surface area contributed by atoms with E-state index in [9.17, 15) is 0 Å². The Hall–Kier alpha value is -0.550. The van der Waals surface area contributed by atoms with E-state index in [4.69, 9.17) is 9.26 Å². The predicted octanol–water partition coefficient (Wildman–Crippen LogP) is 2.39. The molecule has 2 rings (SSSR count). The van der Waals surface area contributed by atoms with E-state index in [1.165, 1.54) is 0 Å². The zero-order chi connectivity index (χ0) is 10.7. The molecule has 0 aliphatic carbocycles. The summed E-state index contributed by atoms with van der Waals surface area (Å²) in [7, 11) is 0. The fourth-order valence-electron chi connectivity index (χ4n) is 1.72. The van der Waals surface area contributed by atoms with Crippen molar-refractivity contribution in [1.82, 2.24) is 10.1 Å². The first-order valence-corrected chi connectivity index (χ1v) is 6.58. The van der Waals surface area contributed by atoms with Crippen LogP contribution in [0.3, 0.4) is 0 Å². The van der Waals surface area contributed by atoms with Gasteiger partial charge in [0.05, 0.1) is 11.9 Å². The number of ether oxygens (including phenoxy) is 1. The zero-order valence-electron chi connectivity index (χ0n) is 9.10. The number of rotatable bonds is 4. The summed E-state index contributed by atoms with van der Waals surface area (Å²) in [5.41, 5.74) is 0. The molecule has 0 spiro atoms. The van der Waals surface area contributed by atoms with Crippen LogP contribution in [0.15, 0.2) is 4.52 Å². The average molecular weight is 228 g/mol. The zero-order valence-corrected chi connectivity index (χ0v) is 9.92. The molecule has 1 aliphatic heterocycles. The molecule has 5 heteroatoms. The van der Waals surface area contributed by atoms with Gasteiger partial charge in [-0.1, -0.05) is 12.1 Å². The van der Waals surface area contributed by atoms with Gasteiger partial charge in [-0.3, -0.25) is 0 Å². The third-order valence-corrected chi connectivity index (χ3v) is 3.79. The van der Waals surface area contributed by atoms with Gasteiger partial charge in [-0.05, 0) is 19.1 Å². The van der Waals surface area contributed by atoms with Gasteiger partial charge in [0.25, 0.3) is 0 Å². The Bertz CT molecular complexity index is 290. The van der Waals surface area contributed by atoms with E-state index >= 15 is 0 Å². The lowest BCUT2D eigenvalue weighted by Crippen LogP contribution is -2.00. The lowest BCUT2D eigenvalue weighted by atomic mass is 10.1. The van der Waals surface area contributed by atoms with Crippen molar-refractivity contribution in [2.24, 2.45) is 0 Å². The van der Waals surface area contributed by atoms with Gasteiger partial charge in [0.15, 0.2) is 5.82 Å². The van der Waals surface area contributed by atoms with Crippen LogP contribution in [-0.4, -0.2) is 29.6 Å². The molecular weight excluding hydrogens is 212 g/mol. The Kier molecular flexibility index (Phi) is 3.64. The van der Waals surface area contributed by atoms with Gasteiger partial charge < -0.3 is 9.26 Å². The quantitative estimate of drug-likeness (QED) is 0.792. The molecule has 1 saturated heterocycles. The lowest BCUT2D eigenvalue weighted by Gasteiger charge is -2.04. The summed E-state index contributed by atoms with van der Waals surface area (Å²) in [5.74, 6) is 1.91. The Morgan fingerprint density at radius 2 is 2.47 bits per heavy atom. The van der Waals surface area contributed by atoms with Gasteiger partial charge in [-0.25, -0.2) is 0 Å². The molecule has 0 aromatic carbocycles. The van der Waals surface area contributed by atoms with Crippen LogP contribution in [0, 0.1) is 0 Å². The molecule has 0 amide bonds. The van der Waals surface area contributed by atoms with Crippen molar-refractivity contribution in [3.05, 3.63) is 11.7 Å². The SMILES string of the molecule is CCC(SC)c1nc(C2CCOC2)no1. The predicted molar refractivity (Wildman–Crippen MR) is 59.0 cm³/mol. The molecule has 0 N–H and O–H groups in total. The summed E-state index contributed by atoms with van der Waals surface area (Å²) in [6.45, 7) is 3.67. The summed E-state index contributed by atoms with van der Waals surface area (Å²) in [6, 6.07) is 0. The highest BCUT2D eigenvalue weighted by Crippen LogP contribution is 2.30. The van der Waals surface area contributed by atoms with Crippen molar-refractivity contribution in [3.8, 4) is 0 Å². The van der Waals surface area contributed by atoms with Crippen LogP contribution in [0.5, 0.6) is 0 Å². The van der Waals surface area contributed by atoms with E-state index in [1.807, 2.05) is 0 Å². The van der Waals surface area contributed by atoms with Crippen molar-refractivity contribution >= 4 is 11.8 Å². The Morgan fingerprint density at radius 1 is 1.60 bits per heavy atom. The first-order chi connectivity index (χ1) is 7.35. The van der Waals surface area contributed by atoms with Crippen molar-refractivity contribution in [2.75, 3.05) is 19.5 Å². The van der Waals surface area contributed by atoms with Gasteiger partial charge in [-0.15, -0.1) is 0 Å². The highest BCUT2D eigenvalue weighted by atomic mass is 32.2. The smallest absolute Gasteiger partial charge is 0.239 e. The average Bonchev–Trinajstić information content (AvgIpc) is 2.89. The minimum absolute atomic E-state index is 0.327. The van der Waals surface area contributed by atoms with Crippen LogP contribution < -0.4 is 0 Å². The molecule has 2 atom stereocenters. The van der Waals surface area contributed by atoms with Crippen molar-refractivity contribution in [3.63, 3.8) is 0 Å². The Labute approximate surface area is 93.8 Å². The van der Waals surface area contributed by atoms with Gasteiger partial charge in [0.1, 0.15) is 0 Å². The van der Waals surface area contributed by atoms with Gasteiger partial charge in [0, 0.05) is 12.5 Å². The minimum atomic E-state index is 0.327. The van der Waals surface area contributed by atoms with Crippen LogP contribution in [0.1, 0.15) is 42.6 Å². The normalized spacial score (nSPS) is 23.2. The summed E-state index contributed by atoms with van der Waals surface area (Å²) in [5, 5.41) is 4.36. The maximum absolute atomic E-state index is 5.31.